The average molecular weight is 470 g/mol. The van der Waals surface area contributed by atoms with E-state index in [1.807, 2.05) is 6.07 Å². The van der Waals surface area contributed by atoms with Gasteiger partial charge in [0, 0.05) is 23.6 Å². The van der Waals surface area contributed by atoms with Crippen molar-refractivity contribution in [3.8, 4) is 17.2 Å². The maximum Gasteiger partial charge on any atom is 0.336 e. The second-order valence-corrected chi connectivity index (χ2v) is 7.57. The van der Waals surface area contributed by atoms with Gasteiger partial charge in [-0.15, -0.1) is 5.10 Å². The summed E-state index contributed by atoms with van der Waals surface area (Å²) in [6.07, 6.45) is 1.74. The van der Waals surface area contributed by atoms with E-state index in [1.165, 1.54) is 12.1 Å². The lowest BCUT2D eigenvalue weighted by Gasteiger charge is -2.08. The molecule has 0 aliphatic heterocycles. The summed E-state index contributed by atoms with van der Waals surface area (Å²) in [5.74, 6) is 1.11. The zero-order valence-corrected chi connectivity index (χ0v) is 18.2. The summed E-state index contributed by atoms with van der Waals surface area (Å²) < 4.78 is 18.2. The van der Waals surface area contributed by atoms with Crippen LogP contribution in [0.1, 0.15) is 11.3 Å². The molecule has 0 aliphatic carbocycles. The first kappa shape index (κ1) is 21.8. The Hall–Kier alpha value is -4.99. The molecule has 5 rings (SSSR count). The Balaban J connectivity index is 1.21. The zero-order valence-electron chi connectivity index (χ0n) is 18.2. The third kappa shape index (κ3) is 5.01. The maximum absolute atomic E-state index is 11.4. The summed E-state index contributed by atoms with van der Waals surface area (Å²) in [4.78, 5) is 22.1. The number of ether oxygens (including phenoxy) is 2. The Morgan fingerprint density at radius 3 is 2.49 bits per heavy atom. The van der Waals surface area contributed by atoms with Crippen molar-refractivity contribution >= 4 is 16.7 Å². The number of rotatable bonds is 8. The van der Waals surface area contributed by atoms with E-state index in [2.05, 4.69) is 10.3 Å². The van der Waals surface area contributed by atoms with Gasteiger partial charge in [0.1, 0.15) is 36.0 Å². The molecule has 0 fully saturated rings. The summed E-state index contributed by atoms with van der Waals surface area (Å²) in [7, 11) is 0. The van der Waals surface area contributed by atoms with Gasteiger partial charge in [-0.25, -0.2) is 9.48 Å². The molecule has 35 heavy (non-hydrogen) atoms. The fourth-order valence-corrected chi connectivity index (χ4v) is 3.45. The van der Waals surface area contributed by atoms with E-state index in [4.69, 9.17) is 13.9 Å². The summed E-state index contributed by atoms with van der Waals surface area (Å²) in [5, 5.41) is 20.2. The van der Waals surface area contributed by atoms with Crippen LogP contribution in [0.15, 0.2) is 94.3 Å². The monoisotopic (exact) mass is 470 g/mol. The maximum atomic E-state index is 11.4. The minimum atomic E-state index is -0.425. The molecule has 5 aromatic rings. The molecular weight excluding hydrogens is 452 g/mol. The quantitative estimate of drug-likeness (QED) is 0.185. The van der Waals surface area contributed by atoms with Gasteiger partial charge < -0.3 is 13.9 Å². The number of nitrogens with zero attached hydrogens (tertiary/aromatic N) is 4. The fraction of sp³-hybridized carbons (Fsp3) is 0.0800. The largest absolute Gasteiger partial charge is 0.489 e. The molecule has 0 saturated heterocycles. The Kier molecular flexibility index (Phi) is 5.91. The second-order valence-electron chi connectivity index (χ2n) is 7.57. The van der Waals surface area contributed by atoms with Gasteiger partial charge in [-0.05, 0) is 48.5 Å². The van der Waals surface area contributed by atoms with Crippen LogP contribution in [0.4, 0.5) is 5.69 Å². The molecule has 0 saturated carbocycles. The topological polar surface area (TPSA) is 123 Å². The smallest absolute Gasteiger partial charge is 0.336 e. The minimum absolute atomic E-state index is 0.0229. The molecule has 10 heteroatoms. The molecule has 0 radical (unpaired) electrons. The van der Waals surface area contributed by atoms with Crippen LogP contribution in [0.5, 0.6) is 11.5 Å². The van der Waals surface area contributed by atoms with E-state index < -0.39 is 10.5 Å². The van der Waals surface area contributed by atoms with Crippen LogP contribution in [-0.4, -0.2) is 19.9 Å². The van der Waals surface area contributed by atoms with Crippen molar-refractivity contribution in [2.45, 2.75) is 13.2 Å². The van der Waals surface area contributed by atoms with E-state index in [-0.39, 0.29) is 18.9 Å². The number of fused-ring (bicyclic) bond motifs is 1. The molecule has 0 aliphatic rings. The molecule has 2 heterocycles. The normalized spacial score (nSPS) is 10.9. The van der Waals surface area contributed by atoms with Gasteiger partial charge in [0.15, 0.2) is 0 Å². The van der Waals surface area contributed by atoms with Crippen molar-refractivity contribution in [1.82, 2.24) is 15.0 Å². The SMILES string of the molecule is O=c1ccc2ccc(OCc3cn(-c4ccc(OCc5ccccc5[N+](=O)[O-])cc4)nn3)cc2o1. The highest BCUT2D eigenvalue weighted by molar-refractivity contribution is 5.77. The average Bonchev–Trinajstić information content (AvgIpc) is 3.35. The first-order valence-electron chi connectivity index (χ1n) is 10.6. The van der Waals surface area contributed by atoms with Gasteiger partial charge >= 0.3 is 5.63 Å². The third-order valence-electron chi connectivity index (χ3n) is 5.21. The van der Waals surface area contributed by atoms with Gasteiger partial charge in [0.25, 0.3) is 5.69 Å². The first-order chi connectivity index (χ1) is 17.0. The number of aromatic nitrogens is 3. The molecule has 0 N–H and O–H groups in total. The van der Waals surface area contributed by atoms with Crippen molar-refractivity contribution in [3.63, 3.8) is 0 Å². The number of nitro benzene ring substituents is 1. The lowest BCUT2D eigenvalue weighted by molar-refractivity contribution is -0.385. The van der Waals surface area contributed by atoms with Crippen LogP contribution in [-0.2, 0) is 13.2 Å². The number of hydrogen-bond donors (Lipinski definition) is 0. The summed E-state index contributed by atoms with van der Waals surface area (Å²) in [5.41, 5.74) is 1.91. The lowest BCUT2D eigenvalue weighted by Crippen LogP contribution is -2.01. The molecule has 10 nitrogen and oxygen atoms in total. The van der Waals surface area contributed by atoms with E-state index in [1.54, 1.807) is 71.5 Å². The Morgan fingerprint density at radius 2 is 1.66 bits per heavy atom. The molecule has 174 valence electrons. The summed E-state index contributed by atoms with van der Waals surface area (Å²) >= 11 is 0. The zero-order chi connectivity index (χ0) is 24.2. The Bertz CT molecular complexity index is 1560. The van der Waals surface area contributed by atoms with Crippen molar-refractivity contribution in [2.75, 3.05) is 0 Å². The van der Waals surface area contributed by atoms with E-state index >= 15 is 0 Å². The van der Waals surface area contributed by atoms with E-state index in [0.29, 0.717) is 28.3 Å². The van der Waals surface area contributed by atoms with Crippen LogP contribution in [0.25, 0.3) is 16.7 Å². The summed E-state index contributed by atoms with van der Waals surface area (Å²) in [6.45, 7) is 0.263. The molecule has 3 aromatic carbocycles. The van der Waals surface area contributed by atoms with E-state index in [9.17, 15) is 14.9 Å². The van der Waals surface area contributed by atoms with Gasteiger partial charge in [-0.3, -0.25) is 10.1 Å². The molecule has 2 aromatic heterocycles. The predicted molar refractivity (Wildman–Crippen MR) is 126 cm³/mol. The number of para-hydroxylation sites is 1. The Labute approximate surface area is 198 Å². The van der Waals surface area contributed by atoms with Crippen molar-refractivity contribution < 1.29 is 18.8 Å². The highest BCUT2D eigenvalue weighted by atomic mass is 16.6. The molecule has 0 spiro atoms. The van der Waals surface area contributed by atoms with Crippen LogP contribution in [0.3, 0.4) is 0 Å². The molecular formula is C25H18N4O6. The Morgan fingerprint density at radius 1 is 0.914 bits per heavy atom. The molecule has 0 bridgehead atoms. The van der Waals surface area contributed by atoms with Gasteiger partial charge in [-0.1, -0.05) is 17.3 Å². The standard InChI is InChI=1S/C25H18N4O6/c30-25-12-6-17-5-9-22(13-24(17)35-25)34-16-19-14-28(27-26-19)20-7-10-21(11-8-20)33-15-18-3-1-2-4-23(18)29(31)32/h1-14H,15-16H2. The van der Waals surface area contributed by atoms with Gasteiger partial charge in [-0.2, -0.15) is 0 Å². The van der Waals surface area contributed by atoms with Crippen molar-refractivity contribution in [3.05, 3.63) is 117 Å². The number of hydrogen-bond acceptors (Lipinski definition) is 8. The molecule has 0 atom stereocenters. The molecule has 0 unspecified atom stereocenters. The van der Waals surface area contributed by atoms with Gasteiger partial charge in [0.05, 0.1) is 22.4 Å². The van der Waals surface area contributed by atoms with Gasteiger partial charge in [0.2, 0.25) is 0 Å². The highest BCUT2D eigenvalue weighted by Crippen LogP contribution is 2.22. The van der Waals surface area contributed by atoms with Crippen LogP contribution in [0.2, 0.25) is 0 Å². The first-order valence-corrected chi connectivity index (χ1v) is 10.6. The number of nitro groups is 1. The number of benzene rings is 3. The van der Waals surface area contributed by atoms with Crippen LogP contribution >= 0.6 is 0 Å². The molecule has 0 amide bonds. The summed E-state index contributed by atoms with van der Waals surface area (Å²) in [6, 6.07) is 21.9. The van der Waals surface area contributed by atoms with Crippen LogP contribution < -0.4 is 15.1 Å². The predicted octanol–water partition coefficient (Wildman–Crippen LogP) is 4.44. The van der Waals surface area contributed by atoms with Crippen molar-refractivity contribution in [1.29, 1.82) is 0 Å². The van der Waals surface area contributed by atoms with Crippen LogP contribution in [0, 0.1) is 10.1 Å². The lowest BCUT2D eigenvalue weighted by atomic mass is 10.2. The van der Waals surface area contributed by atoms with Crippen molar-refractivity contribution in [2.24, 2.45) is 0 Å². The third-order valence-corrected chi connectivity index (χ3v) is 5.21. The minimum Gasteiger partial charge on any atom is -0.489 e. The highest BCUT2D eigenvalue weighted by Gasteiger charge is 2.13. The second kappa shape index (κ2) is 9.48. The fourth-order valence-electron chi connectivity index (χ4n) is 3.45. The van der Waals surface area contributed by atoms with E-state index in [0.717, 1.165) is 11.1 Å².